The van der Waals surface area contributed by atoms with Crippen molar-refractivity contribution in [2.45, 2.75) is 0 Å². The van der Waals surface area contributed by atoms with Crippen LogP contribution in [0.5, 0.6) is 0 Å². The van der Waals surface area contributed by atoms with E-state index >= 15 is 0 Å². The van der Waals surface area contributed by atoms with E-state index < -0.39 is 0 Å². The van der Waals surface area contributed by atoms with Crippen LogP contribution in [0.3, 0.4) is 0 Å². The Morgan fingerprint density at radius 1 is 0.280 bits per heavy atom. The van der Waals surface area contributed by atoms with Crippen molar-refractivity contribution in [2.24, 2.45) is 0 Å². The van der Waals surface area contributed by atoms with Gasteiger partial charge in [-0.1, -0.05) is 140 Å². The molecule has 2 heteroatoms. The third-order valence-corrected chi connectivity index (χ3v) is 10.5. The monoisotopic (exact) mass is 636 g/mol. The smallest absolute Gasteiger partial charge is 0.147 e. The van der Waals surface area contributed by atoms with Crippen molar-refractivity contribution in [3.05, 3.63) is 170 Å². The molecule has 0 saturated heterocycles. The van der Waals surface area contributed by atoms with E-state index in [0.717, 1.165) is 49.4 Å². The molecule has 232 valence electrons. The van der Waals surface area contributed by atoms with E-state index in [1.807, 2.05) is 12.1 Å². The van der Waals surface area contributed by atoms with Gasteiger partial charge in [-0.2, -0.15) is 0 Å². The first-order valence-corrected chi connectivity index (χ1v) is 17.1. The third-order valence-electron chi connectivity index (χ3n) is 10.5. The van der Waals surface area contributed by atoms with Crippen LogP contribution in [0, 0.1) is 0 Å². The van der Waals surface area contributed by atoms with E-state index in [-0.39, 0.29) is 0 Å². The van der Waals surface area contributed by atoms with Crippen molar-refractivity contribution < 1.29 is 8.83 Å². The zero-order chi connectivity index (χ0) is 32.8. The number of benzene rings is 9. The second-order valence-corrected chi connectivity index (χ2v) is 13.1. The summed E-state index contributed by atoms with van der Waals surface area (Å²) in [6.45, 7) is 0. The fourth-order valence-corrected chi connectivity index (χ4v) is 8.32. The van der Waals surface area contributed by atoms with Gasteiger partial charge in [0.05, 0.1) is 5.39 Å². The Morgan fingerprint density at radius 2 is 0.820 bits per heavy atom. The van der Waals surface area contributed by atoms with Crippen LogP contribution in [-0.2, 0) is 0 Å². The summed E-state index contributed by atoms with van der Waals surface area (Å²) in [5.74, 6) is 0. The standard InChI is InChI=1S/C48H28O2/c1-2-12-29(13-3-1)31-23-24-39(33-15-5-4-14-32(31)33)46-37-19-8-6-17-35(37)45(36-18-7-9-20-38(36)46)30-22-26-43-41(28-30)47-44(49-43)27-25-40-34-16-10-11-21-42(34)50-48(40)47/h1-28H. The molecule has 11 rings (SSSR count). The minimum absolute atomic E-state index is 0.833. The summed E-state index contributed by atoms with van der Waals surface area (Å²) < 4.78 is 12.9. The van der Waals surface area contributed by atoms with Crippen molar-refractivity contribution in [3.63, 3.8) is 0 Å². The van der Waals surface area contributed by atoms with E-state index in [1.54, 1.807) is 0 Å². The molecule has 0 aliphatic rings. The van der Waals surface area contributed by atoms with Crippen molar-refractivity contribution >= 4 is 76.2 Å². The average molecular weight is 637 g/mol. The molecular formula is C48H28O2. The first-order chi connectivity index (χ1) is 24.8. The number of fused-ring (bicyclic) bond motifs is 10. The molecule has 0 atom stereocenters. The molecule has 0 saturated carbocycles. The predicted molar refractivity (Wildman–Crippen MR) is 210 cm³/mol. The second kappa shape index (κ2) is 10.4. The molecule has 0 fully saturated rings. The van der Waals surface area contributed by atoms with Crippen LogP contribution in [0.1, 0.15) is 0 Å². The molecular weight excluding hydrogens is 609 g/mol. The summed E-state index contributed by atoms with van der Waals surface area (Å²) >= 11 is 0. The summed E-state index contributed by atoms with van der Waals surface area (Å²) in [4.78, 5) is 0. The quantitative estimate of drug-likeness (QED) is 0.180. The normalized spacial score (nSPS) is 12.0. The lowest BCUT2D eigenvalue weighted by Gasteiger charge is -2.19. The van der Waals surface area contributed by atoms with Crippen LogP contribution in [-0.4, -0.2) is 0 Å². The van der Waals surface area contributed by atoms with Gasteiger partial charge in [0.2, 0.25) is 0 Å². The van der Waals surface area contributed by atoms with Crippen LogP contribution in [0.2, 0.25) is 0 Å². The maximum absolute atomic E-state index is 6.49. The van der Waals surface area contributed by atoms with Gasteiger partial charge in [0, 0.05) is 16.2 Å². The predicted octanol–water partition coefficient (Wildman–Crippen LogP) is 13.9. The summed E-state index contributed by atoms with van der Waals surface area (Å²) in [6.07, 6.45) is 0. The molecule has 0 spiro atoms. The minimum atomic E-state index is 0.833. The van der Waals surface area contributed by atoms with Gasteiger partial charge in [0.1, 0.15) is 22.3 Å². The van der Waals surface area contributed by atoms with Gasteiger partial charge < -0.3 is 8.83 Å². The zero-order valence-corrected chi connectivity index (χ0v) is 27.0. The highest BCUT2D eigenvalue weighted by Crippen LogP contribution is 2.47. The van der Waals surface area contributed by atoms with Crippen molar-refractivity contribution in [2.75, 3.05) is 0 Å². The lowest BCUT2D eigenvalue weighted by Crippen LogP contribution is -1.92. The summed E-state index contributed by atoms with van der Waals surface area (Å²) in [6, 6.07) is 60.9. The maximum Gasteiger partial charge on any atom is 0.147 e. The SMILES string of the molecule is c1ccc(-c2ccc(-c3c4ccccc4c(-c4ccc5oc6ccc7c8ccccc8oc7c6c5c4)c4ccccc34)c3ccccc23)cc1. The first-order valence-electron chi connectivity index (χ1n) is 17.1. The molecule has 0 bridgehead atoms. The minimum Gasteiger partial charge on any atom is -0.456 e. The summed E-state index contributed by atoms with van der Waals surface area (Å²) in [5, 5.41) is 11.7. The highest BCUT2D eigenvalue weighted by atomic mass is 16.3. The van der Waals surface area contributed by atoms with Gasteiger partial charge in [0.15, 0.2) is 0 Å². The maximum atomic E-state index is 6.49. The van der Waals surface area contributed by atoms with E-state index in [4.69, 9.17) is 8.83 Å². The highest BCUT2D eigenvalue weighted by Gasteiger charge is 2.21. The molecule has 0 aliphatic heterocycles. The Morgan fingerprint density at radius 3 is 1.54 bits per heavy atom. The Balaban J connectivity index is 1.21. The van der Waals surface area contributed by atoms with Gasteiger partial charge in [-0.3, -0.25) is 0 Å². The van der Waals surface area contributed by atoms with Gasteiger partial charge in [-0.25, -0.2) is 0 Å². The van der Waals surface area contributed by atoms with Crippen LogP contribution in [0.4, 0.5) is 0 Å². The van der Waals surface area contributed by atoms with Crippen LogP contribution < -0.4 is 0 Å². The number of hydrogen-bond acceptors (Lipinski definition) is 2. The fraction of sp³-hybridized carbons (Fsp3) is 0. The van der Waals surface area contributed by atoms with E-state index in [9.17, 15) is 0 Å². The zero-order valence-electron chi connectivity index (χ0n) is 27.0. The summed E-state index contributed by atoms with van der Waals surface area (Å²) in [5.41, 5.74) is 10.8. The molecule has 0 amide bonds. The Labute approximate surface area is 287 Å². The molecule has 11 aromatic rings. The van der Waals surface area contributed by atoms with Crippen molar-refractivity contribution in [1.29, 1.82) is 0 Å². The number of rotatable bonds is 3. The molecule has 0 aliphatic carbocycles. The van der Waals surface area contributed by atoms with E-state index in [0.29, 0.717) is 0 Å². The number of hydrogen-bond donors (Lipinski definition) is 0. The molecule has 2 heterocycles. The molecule has 9 aromatic carbocycles. The number of furan rings is 2. The molecule has 0 radical (unpaired) electrons. The Bertz CT molecular complexity index is 3080. The Hall–Kier alpha value is -6.64. The van der Waals surface area contributed by atoms with Gasteiger partial charge in [-0.15, -0.1) is 0 Å². The van der Waals surface area contributed by atoms with Crippen molar-refractivity contribution in [3.8, 4) is 33.4 Å². The van der Waals surface area contributed by atoms with E-state index in [2.05, 4.69) is 158 Å². The average Bonchev–Trinajstić information content (AvgIpc) is 3.75. The number of para-hydroxylation sites is 1. The van der Waals surface area contributed by atoms with Crippen LogP contribution in [0.25, 0.3) is 110 Å². The van der Waals surface area contributed by atoms with Gasteiger partial charge >= 0.3 is 0 Å². The topological polar surface area (TPSA) is 26.3 Å². The molecule has 50 heavy (non-hydrogen) atoms. The third kappa shape index (κ3) is 3.85. The van der Waals surface area contributed by atoms with E-state index in [1.165, 1.54) is 60.1 Å². The molecule has 0 N–H and O–H groups in total. The molecule has 2 nitrogen and oxygen atoms in total. The van der Waals surface area contributed by atoms with Crippen LogP contribution in [0.15, 0.2) is 179 Å². The Kier molecular flexibility index (Phi) is 5.70. The molecule has 2 aromatic heterocycles. The largest absolute Gasteiger partial charge is 0.456 e. The van der Waals surface area contributed by atoms with Gasteiger partial charge in [0.25, 0.3) is 0 Å². The first kappa shape index (κ1) is 27.3. The van der Waals surface area contributed by atoms with Crippen molar-refractivity contribution in [1.82, 2.24) is 0 Å². The summed E-state index contributed by atoms with van der Waals surface area (Å²) in [7, 11) is 0. The van der Waals surface area contributed by atoms with Crippen LogP contribution >= 0.6 is 0 Å². The fourth-order valence-electron chi connectivity index (χ4n) is 8.32. The lowest BCUT2D eigenvalue weighted by molar-refractivity contribution is 0.663. The lowest BCUT2D eigenvalue weighted by atomic mass is 9.83. The highest BCUT2D eigenvalue weighted by molar-refractivity contribution is 6.26. The second-order valence-electron chi connectivity index (χ2n) is 13.1. The molecule has 0 unspecified atom stereocenters. The van der Waals surface area contributed by atoms with Gasteiger partial charge in [-0.05, 0) is 96.0 Å².